The lowest BCUT2D eigenvalue weighted by molar-refractivity contribution is 0.151. The van der Waals surface area contributed by atoms with Crippen molar-refractivity contribution < 1.29 is 4.84 Å². The van der Waals surface area contributed by atoms with Crippen molar-refractivity contribution in [3.05, 3.63) is 0 Å². The van der Waals surface area contributed by atoms with Crippen LogP contribution in [0.4, 0.5) is 0 Å². The molecule has 0 fully saturated rings. The van der Waals surface area contributed by atoms with Crippen LogP contribution in [0.2, 0.25) is 0 Å². The third kappa shape index (κ3) is 15.6. The van der Waals surface area contributed by atoms with Crippen molar-refractivity contribution in [2.24, 2.45) is 22.4 Å². The van der Waals surface area contributed by atoms with E-state index in [0.717, 1.165) is 0 Å². The predicted molar refractivity (Wildman–Crippen MR) is 45.3 cm³/mol. The summed E-state index contributed by atoms with van der Waals surface area (Å²) >= 11 is 0. The Morgan fingerprint density at radius 2 is 1.80 bits per heavy atom. The fourth-order valence-corrected chi connectivity index (χ4v) is 0.173. The van der Waals surface area contributed by atoms with Gasteiger partial charge in [0.2, 0.25) is 5.96 Å². The van der Waals surface area contributed by atoms with E-state index in [1.807, 2.05) is 0 Å². The van der Waals surface area contributed by atoms with Gasteiger partial charge < -0.3 is 22.0 Å². The number of hydrogen-bond donors (Lipinski definition) is 3. The van der Waals surface area contributed by atoms with Gasteiger partial charge in [0.1, 0.15) is 6.61 Å². The van der Waals surface area contributed by atoms with Gasteiger partial charge in [0, 0.05) is 6.54 Å². The molecule has 0 aliphatic heterocycles. The molecule has 0 saturated heterocycles. The molecule has 0 saturated carbocycles. The molecule has 0 heterocycles. The summed E-state index contributed by atoms with van der Waals surface area (Å²) in [5, 5.41) is 3.21. The SMILES string of the molecule is Cl.Cl.NCCON=C(N)N. The maximum absolute atomic E-state index is 5.04. The van der Waals surface area contributed by atoms with E-state index in [-0.39, 0.29) is 30.8 Å². The molecular weight excluding hydrogens is 179 g/mol. The Hall–Kier alpha value is -0.390. The molecule has 0 aromatic heterocycles. The number of guanidine groups is 1. The summed E-state index contributed by atoms with van der Waals surface area (Å²) in [7, 11) is 0. The fraction of sp³-hybridized carbons (Fsp3) is 0.667. The lowest BCUT2D eigenvalue weighted by atomic mass is 10.8. The van der Waals surface area contributed by atoms with E-state index in [4.69, 9.17) is 17.2 Å². The van der Waals surface area contributed by atoms with Crippen molar-refractivity contribution in [2.75, 3.05) is 13.2 Å². The van der Waals surface area contributed by atoms with Crippen LogP contribution in [0.25, 0.3) is 0 Å². The molecule has 10 heavy (non-hydrogen) atoms. The minimum Gasteiger partial charge on any atom is -0.392 e. The maximum Gasteiger partial charge on any atom is 0.228 e. The first-order chi connectivity index (χ1) is 3.77. The van der Waals surface area contributed by atoms with Crippen LogP contribution >= 0.6 is 24.8 Å². The highest BCUT2D eigenvalue weighted by molar-refractivity contribution is 5.85. The summed E-state index contributed by atoms with van der Waals surface area (Å²) in [5.41, 5.74) is 14.8. The van der Waals surface area contributed by atoms with Crippen LogP contribution in [0.3, 0.4) is 0 Å². The summed E-state index contributed by atoms with van der Waals surface area (Å²) in [5.74, 6) is -0.0848. The number of oxime groups is 1. The minimum atomic E-state index is -0.0848. The van der Waals surface area contributed by atoms with Crippen molar-refractivity contribution in [1.82, 2.24) is 0 Å². The van der Waals surface area contributed by atoms with E-state index in [9.17, 15) is 0 Å². The standard InChI is InChI=1S/C3H10N4O.2ClH/c4-1-2-8-7-3(5)6;;/h1-2,4H2,(H4,5,6,7);2*1H. The van der Waals surface area contributed by atoms with E-state index >= 15 is 0 Å². The average molecular weight is 191 g/mol. The second kappa shape index (κ2) is 11.4. The van der Waals surface area contributed by atoms with E-state index in [1.54, 1.807) is 0 Å². The molecule has 5 nitrogen and oxygen atoms in total. The van der Waals surface area contributed by atoms with Gasteiger partial charge in [0.15, 0.2) is 0 Å². The molecule has 0 radical (unpaired) electrons. The number of halogens is 2. The molecule has 0 aromatic rings. The quantitative estimate of drug-likeness (QED) is 0.230. The first-order valence-corrected chi connectivity index (χ1v) is 2.18. The Labute approximate surface area is 71.8 Å². The molecule has 64 valence electrons. The van der Waals surface area contributed by atoms with Gasteiger partial charge in [0.25, 0.3) is 0 Å². The molecule has 6 N–H and O–H groups in total. The third-order valence-corrected chi connectivity index (χ3v) is 0.379. The van der Waals surface area contributed by atoms with Crippen molar-refractivity contribution >= 4 is 30.8 Å². The normalized spacial score (nSPS) is 6.50. The van der Waals surface area contributed by atoms with Crippen LogP contribution in [0.5, 0.6) is 0 Å². The summed E-state index contributed by atoms with van der Waals surface area (Å²) in [6.45, 7) is 0.759. The van der Waals surface area contributed by atoms with E-state index in [1.165, 1.54) is 0 Å². The first kappa shape index (κ1) is 16.3. The first-order valence-electron chi connectivity index (χ1n) is 2.18. The fourth-order valence-electron chi connectivity index (χ4n) is 0.173. The maximum atomic E-state index is 5.04. The van der Waals surface area contributed by atoms with E-state index < -0.39 is 0 Å². The molecule has 0 aromatic carbocycles. The topological polar surface area (TPSA) is 99.6 Å². The average Bonchev–Trinajstić information content (AvgIpc) is 1.66. The van der Waals surface area contributed by atoms with Crippen LogP contribution in [0.1, 0.15) is 0 Å². The molecule has 0 aliphatic rings. The predicted octanol–water partition coefficient (Wildman–Crippen LogP) is -1.01. The minimum absolute atomic E-state index is 0. The highest BCUT2D eigenvalue weighted by Crippen LogP contribution is 1.68. The molecule has 0 bridgehead atoms. The van der Waals surface area contributed by atoms with Gasteiger partial charge in [-0.1, -0.05) is 0 Å². The third-order valence-electron chi connectivity index (χ3n) is 0.379. The number of nitrogens with two attached hydrogens (primary N) is 3. The zero-order valence-electron chi connectivity index (χ0n) is 5.32. The molecule has 7 heteroatoms. The van der Waals surface area contributed by atoms with Crippen LogP contribution in [-0.4, -0.2) is 19.1 Å². The summed E-state index contributed by atoms with van der Waals surface area (Å²) in [4.78, 5) is 4.46. The Bertz CT molecular complexity index is 84.6. The van der Waals surface area contributed by atoms with Crippen molar-refractivity contribution in [3.8, 4) is 0 Å². The Morgan fingerprint density at radius 3 is 2.10 bits per heavy atom. The largest absolute Gasteiger partial charge is 0.392 e. The van der Waals surface area contributed by atoms with Crippen LogP contribution in [0.15, 0.2) is 5.16 Å². The van der Waals surface area contributed by atoms with Gasteiger partial charge >= 0.3 is 0 Å². The molecule has 0 amide bonds. The van der Waals surface area contributed by atoms with Gasteiger partial charge in [-0.15, -0.1) is 24.8 Å². The second-order valence-corrected chi connectivity index (χ2v) is 1.14. The van der Waals surface area contributed by atoms with Gasteiger partial charge in [-0.3, -0.25) is 0 Å². The highest BCUT2D eigenvalue weighted by Gasteiger charge is 1.78. The van der Waals surface area contributed by atoms with Crippen LogP contribution < -0.4 is 17.2 Å². The Kier molecular flexibility index (Phi) is 18.6. The van der Waals surface area contributed by atoms with Gasteiger partial charge in [-0.25, -0.2) is 0 Å². The van der Waals surface area contributed by atoms with Crippen LogP contribution in [0, 0.1) is 0 Å². The smallest absolute Gasteiger partial charge is 0.228 e. The lowest BCUT2D eigenvalue weighted by Crippen LogP contribution is -2.23. The van der Waals surface area contributed by atoms with Gasteiger partial charge in [0.05, 0.1) is 0 Å². The molecule has 0 spiro atoms. The molecule has 0 aliphatic carbocycles. The highest BCUT2D eigenvalue weighted by atomic mass is 35.5. The number of nitrogens with zero attached hydrogens (tertiary/aromatic N) is 1. The molecule has 0 unspecified atom stereocenters. The second-order valence-electron chi connectivity index (χ2n) is 1.14. The van der Waals surface area contributed by atoms with Crippen LogP contribution in [-0.2, 0) is 4.84 Å². The van der Waals surface area contributed by atoms with E-state index in [0.29, 0.717) is 13.2 Å². The Balaban J connectivity index is -0.000000245. The molecule has 0 atom stereocenters. The number of hydrogen-bond acceptors (Lipinski definition) is 3. The van der Waals surface area contributed by atoms with Gasteiger partial charge in [-0.05, 0) is 5.16 Å². The summed E-state index contributed by atoms with van der Waals surface area (Å²) in [6, 6.07) is 0. The Morgan fingerprint density at radius 1 is 1.30 bits per heavy atom. The zero-order valence-corrected chi connectivity index (χ0v) is 6.95. The molecule has 0 rings (SSSR count). The molecular formula is C3H12Cl2N4O. The zero-order chi connectivity index (χ0) is 6.41. The van der Waals surface area contributed by atoms with Gasteiger partial charge in [-0.2, -0.15) is 0 Å². The summed E-state index contributed by atoms with van der Waals surface area (Å²) < 4.78 is 0. The van der Waals surface area contributed by atoms with Crippen molar-refractivity contribution in [1.29, 1.82) is 0 Å². The monoisotopic (exact) mass is 190 g/mol. The number of rotatable bonds is 3. The van der Waals surface area contributed by atoms with Crippen molar-refractivity contribution in [2.45, 2.75) is 0 Å². The van der Waals surface area contributed by atoms with Crippen molar-refractivity contribution in [3.63, 3.8) is 0 Å². The van der Waals surface area contributed by atoms with E-state index in [2.05, 4.69) is 9.99 Å². The lowest BCUT2D eigenvalue weighted by Gasteiger charge is -1.93. The summed E-state index contributed by atoms with van der Waals surface area (Å²) in [6.07, 6.45) is 0.